The fourth-order valence-electron chi connectivity index (χ4n) is 4.18. The Morgan fingerprint density at radius 3 is 2.33 bits per heavy atom. The van der Waals surface area contributed by atoms with Crippen LogP contribution in [0.3, 0.4) is 0 Å². The third kappa shape index (κ3) is 6.51. The largest absolute Gasteiger partial charge is 0.373 e. The maximum absolute atomic E-state index is 5.83. The first kappa shape index (κ1) is 20.2. The number of guanidine groups is 1. The molecule has 2 aliphatic rings. The lowest BCUT2D eigenvalue weighted by molar-refractivity contribution is -0.0704. The normalized spacial score (nSPS) is 24.9. The van der Waals surface area contributed by atoms with Crippen molar-refractivity contribution in [3.8, 4) is 0 Å². The SMILES string of the molecule is CCNC(=NCc1ccc(CN2CC(C)OC(C)C2)cc1)NC1CCCC1. The first-order chi connectivity index (χ1) is 13.1. The molecule has 5 nitrogen and oxygen atoms in total. The Kier molecular flexibility index (Phi) is 7.53. The van der Waals surface area contributed by atoms with Gasteiger partial charge in [-0.25, -0.2) is 4.99 Å². The van der Waals surface area contributed by atoms with Crippen molar-refractivity contribution >= 4 is 5.96 Å². The fraction of sp³-hybridized carbons (Fsp3) is 0.682. The average molecular weight is 373 g/mol. The summed E-state index contributed by atoms with van der Waals surface area (Å²) in [7, 11) is 0. The van der Waals surface area contributed by atoms with Gasteiger partial charge in [0, 0.05) is 32.2 Å². The molecular weight excluding hydrogens is 336 g/mol. The van der Waals surface area contributed by atoms with Crippen LogP contribution < -0.4 is 10.6 Å². The zero-order chi connectivity index (χ0) is 19.1. The number of rotatable bonds is 6. The molecule has 2 N–H and O–H groups in total. The van der Waals surface area contributed by atoms with Crippen LogP contribution in [0.25, 0.3) is 0 Å². The van der Waals surface area contributed by atoms with Crippen molar-refractivity contribution in [3.63, 3.8) is 0 Å². The van der Waals surface area contributed by atoms with E-state index in [1.54, 1.807) is 0 Å². The van der Waals surface area contributed by atoms with Crippen LogP contribution >= 0.6 is 0 Å². The highest BCUT2D eigenvalue weighted by atomic mass is 16.5. The monoisotopic (exact) mass is 372 g/mol. The van der Waals surface area contributed by atoms with Crippen LogP contribution in [-0.2, 0) is 17.8 Å². The van der Waals surface area contributed by atoms with Gasteiger partial charge >= 0.3 is 0 Å². The van der Waals surface area contributed by atoms with Crippen molar-refractivity contribution in [2.75, 3.05) is 19.6 Å². The molecule has 0 bridgehead atoms. The van der Waals surface area contributed by atoms with Gasteiger partial charge < -0.3 is 15.4 Å². The number of aliphatic imine (C=N–C) groups is 1. The molecule has 2 atom stereocenters. The second-order valence-corrected chi connectivity index (χ2v) is 8.09. The van der Waals surface area contributed by atoms with E-state index in [4.69, 9.17) is 9.73 Å². The molecule has 27 heavy (non-hydrogen) atoms. The van der Waals surface area contributed by atoms with Crippen LogP contribution in [0.1, 0.15) is 57.6 Å². The first-order valence-electron chi connectivity index (χ1n) is 10.6. The van der Waals surface area contributed by atoms with Crippen molar-refractivity contribution < 1.29 is 4.74 Å². The smallest absolute Gasteiger partial charge is 0.191 e. The molecule has 0 aromatic heterocycles. The van der Waals surface area contributed by atoms with Gasteiger partial charge in [0.25, 0.3) is 0 Å². The van der Waals surface area contributed by atoms with Gasteiger partial charge in [0.05, 0.1) is 18.8 Å². The Morgan fingerprint density at radius 2 is 1.70 bits per heavy atom. The van der Waals surface area contributed by atoms with Crippen molar-refractivity contribution in [2.24, 2.45) is 4.99 Å². The molecule has 3 rings (SSSR count). The standard InChI is InChI=1S/C22H36N4O/c1-4-23-22(25-21-7-5-6-8-21)24-13-19-9-11-20(12-10-19)16-26-14-17(2)27-18(3)15-26/h9-12,17-18,21H,4-8,13-16H2,1-3H3,(H2,23,24,25). The summed E-state index contributed by atoms with van der Waals surface area (Å²) in [5, 5.41) is 6.96. The number of nitrogens with zero attached hydrogens (tertiary/aromatic N) is 2. The lowest BCUT2D eigenvalue weighted by atomic mass is 10.1. The second-order valence-electron chi connectivity index (χ2n) is 8.09. The zero-order valence-electron chi connectivity index (χ0n) is 17.2. The molecule has 150 valence electrons. The van der Waals surface area contributed by atoms with Gasteiger partial charge in [0.1, 0.15) is 0 Å². The Morgan fingerprint density at radius 1 is 1.07 bits per heavy atom. The maximum atomic E-state index is 5.83. The summed E-state index contributed by atoms with van der Waals surface area (Å²) in [4.78, 5) is 7.27. The van der Waals surface area contributed by atoms with Crippen molar-refractivity contribution in [1.29, 1.82) is 0 Å². The van der Waals surface area contributed by atoms with E-state index < -0.39 is 0 Å². The van der Waals surface area contributed by atoms with E-state index in [2.05, 4.69) is 60.6 Å². The summed E-state index contributed by atoms with van der Waals surface area (Å²) < 4.78 is 5.83. The molecule has 0 amide bonds. The minimum Gasteiger partial charge on any atom is -0.373 e. The number of hydrogen-bond donors (Lipinski definition) is 2. The van der Waals surface area contributed by atoms with E-state index in [1.165, 1.54) is 36.8 Å². The van der Waals surface area contributed by atoms with E-state index in [0.29, 0.717) is 24.8 Å². The minimum absolute atomic E-state index is 0.319. The highest BCUT2D eigenvalue weighted by molar-refractivity contribution is 5.80. The van der Waals surface area contributed by atoms with Crippen LogP contribution in [0.15, 0.2) is 29.3 Å². The molecular formula is C22H36N4O. The summed E-state index contributed by atoms with van der Waals surface area (Å²) in [6.07, 6.45) is 5.83. The summed E-state index contributed by atoms with van der Waals surface area (Å²) in [6, 6.07) is 9.50. The molecule has 0 spiro atoms. The minimum atomic E-state index is 0.319. The van der Waals surface area contributed by atoms with Crippen molar-refractivity contribution in [3.05, 3.63) is 35.4 Å². The Bertz CT molecular complexity index is 585. The second kappa shape index (κ2) is 10.1. The van der Waals surface area contributed by atoms with E-state index >= 15 is 0 Å². The van der Waals surface area contributed by atoms with Gasteiger partial charge in [-0.05, 0) is 44.7 Å². The predicted octanol–water partition coefficient (Wildman–Crippen LogP) is 3.29. The third-order valence-electron chi connectivity index (χ3n) is 5.38. The van der Waals surface area contributed by atoms with E-state index in [0.717, 1.165) is 32.1 Å². The van der Waals surface area contributed by atoms with Gasteiger partial charge in [-0.15, -0.1) is 0 Å². The van der Waals surface area contributed by atoms with Gasteiger partial charge in [0.15, 0.2) is 5.96 Å². The molecule has 1 saturated carbocycles. The number of benzene rings is 1. The molecule has 1 aromatic carbocycles. The molecule has 2 fully saturated rings. The van der Waals surface area contributed by atoms with Crippen LogP contribution in [0.2, 0.25) is 0 Å². The molecule has 2 unspecified atom stereocenters. The molecule has 1 aliphatic heterocycles. The van der Waals surface area contributed by atoms with E-state index in [9.17, 15) is 0 Å². The summed E-state index contributed by atoms with van der Waals surface area (Å²) in [5.74, 6) is 0.949. The number of nitrogens with one attached hydrogen (secondary N) is 2. The van der Waals surface area contributed by atoms with Gasteiger partial charge in [0.2, 0.25) is 0 Å². The van der Waals surface area contributed by atoms with Gasteiger partial charge in [-0.3, -0.25) is 4.90 Å². The number of hydrogen-bond acceptors (Lipinski definition) is 3. The zero-order valence-corrected chi connectivity index (χ0v) is 17.2. The number of ether oxygens (including phenoxy) is 1. The molecule has 5 heteroatoms. The topological polar surface area (TPSA) is 48.9 Å². The molecule has 1 aliphatic carbocycles. The Hall–Kier alpha value is -1.59. The maximum Gasteiger partial charge on any atom is 0.191 e. The highest BCUT2D eigenvalue weighted by Gasteiger charge is 2.22. The van der Waals surface area contributed by atoms with Crippen LogP contribution in [-0.4, -0.2) is 48.7 Å². The average Bonchev–Trinajstić information content (AvgIpc) is 3.13. The third-order valence-corrected chi connectivity index (χ3v) is 5.38. The van der Waals surface area contributed by atoms with Gasteiger partial charge in [-0.1, -0.05) is 37.1 Å². The van der Waals surface area contributed by atoms with Crippen molar-refractivity contribution in [2.45, 2.75) is 77.8 Å². The highest BCUT2D eigenvalue weighted by Crippen LogP contribution is 2.18. The van der Waals surface area contributed by atoms with Crippen LogP contribution in [0, 0.1) is 0 Å². The summed E-state index contributed by atoms with van der Waals surface area (Å²) in [6.45, 7) is 11.1. The first-order valence-corrected chi connectivity index (χ1v) is 10.6. The van der Waals surface area contributed by atoms with Crippen LogP contribution in [0.4, 0.5) is 0 Å². The Labute approximate surface area is 164 Å². The molecule has 1 aromatic rings. The lowest BCUT2D eigenvalue weighted by Gasteiger charge is -2.35. The molecule has 1 saturated heterocycles. The summed E-state index contributed by atoms with van der Waals surface area (Å²) in [5.41, 5.74) is 2.62. The Balaban J connectivity index is 1.52. The van der Waals surface area contributed by atoms with E-state index in [-0.39, 0.29) is 0 Å². The van der Waals surface area contributed by atoms with Crippen LogP contribution in [0.5, 0.6) is 0 Å². The van der Waals surface area contributed by atoms with Gasteiger partial charge in [-0.2, -0.15) is 0 Å². The number of morpholine rings is 1. The fourth-order valence-corrected chi connectivity index (χ4v) is 4.18. The molecule has 0 radical (unpaired) electrons. The lowest BCUT2D eigenvalue weighted by Crippen LogP contribution is -2.44. The molecule has 1 heterocycles. The predicted molar refractivity (Wildman–Crippen MR) is 112 cm³/mol. The summed E-state index contributed by atoms with van der Waals surface area (Å²) >= 11 is 0. The quantitative estimate of drug-likeness (QED) is 0.594. The van der Waals surface area contributed by atoms with E-state index in [1.807, 2.05) is 0 Å². The van der Waals surface area contributed by atoms with Crippen molar-refractivity contribution in [1.82, 2.24) is 15.5 Å².